The molecule has 0 bridgehead atoms. The van der Waals surface area contributed by atoms with E-state index in [-0.39, 0.29) is 11.7 Å². The van der Waals surface area contributed by atoms with Gasteiger partial charge in [0, 0.05) is 17.3 Å². The number of ether oxygens (including phenoxy) is 1. The smallest absolute Gasteiger partial charge is 0.255 e. The summed E-state index contributed by atoms with van der Waals surface area (Å²) < 4.78 is 5.09. The van der Waals surface area contributed by atoms with Crippen molar-refractivity contribution in [3.05, 3.63) is 53.6 Å². The van der Waals surface area contributed by atoms with E-state index in [0.717, 1.165) is 6.42 Å². The maximum atomic E-state index is 12.5. The predicted octanol–water partition coefficient (Wildman–Crippen LogP) is 9.46. The molecular formula is C32H49NO3. The fraction of sp³-hybridized carbons (Fsp3) is 0.594. The Bertz CT molecular complexity index is 847. The predicted molar refractivity (Wildman–Crippen MR) is 152 cm³/mol. The second-order valence-electron chi connectivity index (χ2n) is 10.1. The summed E-state index contributed by atoms with van der Waals surface area (Å²) in [7, 11) is 1.48. The standard InChI is InChI=1S/C32H49NO3/c1-3-4-5-6-7-8-9-10-11-12-13-14-15-16-17-18-19-27-20-22-28(23-21-27)32(35)33-29-24-25-30(34)31(26-29)36-2/h20-26,34H,3-19H2,1-2H3,(H,33,35). The van der Waals surface area contributed by atoms with E-state index in [9.17, 15) is 9.90 Å². The number of phenolic OH excluding ortho intramolecular Hbond substituents is 1. The summed E-state index contributed by atoms with van der Waals surface area (Å²) in [5.74, 6) is 0.215. The molecule has 0 fully saturated rings. The van der Waals surface area contributed by atoms with Crippen LogP contribution in [-0.4, -0.2) is 18.1 Å². The van der Waals surface area contributed by atoms with Crippen molar-refractivity contribution in [2.24, 2.45) is 0 Å². The molecule has 1 amide bonds. The summed E-state index contributed by atoms with van der Waals surface area (Å²) >= 11 is 0. The molecule has 0 aliphatic rings. The number of unbranched alkanes of at least 4 members (excludes halogenated alkanes) is 15. The Morgan fingerprint density at radius 3 is 1.72 bits per heavy atom. The Balaban J connectivity index is 1.48. The van der Waals surface area contributed by atoms with Crippen molar-refractivity contribution in [3.8, 4) is 11.5 Å². The highest BCUT2D eigenvalue weighted by atomic mass is 16.5. The van der Waals surface area contributed by atoms with Crippen molar-refractivity contribution in [3.63, 3.8) is 0 Å². The lowest BCUT2D eigenvalue weighted by Gasteiger charge is -2.09. The fourth-order valence-electron chi connectivity index (χ4n) is 4.66. The Morgan fingerprint density at radius 1 is 0.722 bits per heavy atom. The third-order valence-electron chi connectivity index (χ3n) is 6.97. The number of carbonyl (C=O) groups is 1. The number of anilines is 1. The number of methoxy groups -OCH3 is 1. The third kappa shape index (κ3) is 12.5. The normalized spacial score (nSPS) is 10.9. The van der Waals surface area contributed by atoms with E-state index in [4.69, 9.17) is 4.74 Å². The van der Waals surface area contributed by atoms with Crippen LogP contribution in [0.2, 0.25) is 0 Å². The Morgan fingerprint density at radius 2 is 1.22 bits per heavy atom. The van der Waals surface area contributed by atoms with Crippen molar-refractivity contribution < 1.29 is 14.6 Å². The molecule has 2 aromatic carbocycles. The number of carbonyl (C=O) groups excluding carboxylic acids is 1. The van der Waals surface area contributed by atoms with Crippen LogP contribution in [0, 0.1) is 0 Å². The molecule has 0 unspecified atom stereocenters. The zero-order valence-electron chi connectivity index (χ0n) is 22.8. The average molecular weight is 496 g/mol. The first kappa shape index (κ1) is 29.7. The van der Waals surface area contributed by atoms with E-state index in [1.54, 1.807) is 12.1 Å². The van der Waals surface area contributed by atoms with E-state index in [1.165, 1.54) is 121 Å². The number of rotatable bonds is 20. The zero-order chi connectivity index (χ0) is 25.8. The van der Waals surface area contributed by atoms with Crippen LogP contribution in [0.5, 0.6) is 11.5 Å². The lowest BCUT2D eigenvalue weighted by molar-refractivity contribution is 0.102. The Kier molecular flexibility index (Phi) is 15.5. The largest absolute Gasteiger partial charge is 0.504 e. The zero-order valence-corrected chi connectivity index (χ0v) is 22.8. The van der Waals surface area contributed by atoms with Crippen molar-refractivity contribution >= 4 is 11.6 Å². The molecule has 0 atom stereocenters. The number of phenols is 1. The SMILES string of the molecule is CCCCCCCCCCCCCCCCCCc1ccc(C(=O)Nc2ccc(O)c(OC)c2)cc1. The molecule has 4 heteroatoms. The number of hydrogen-bond acceptors (Lipinski definition) is 3. The first-order valence-electron chi connectivity index (χ1n) is 14.4. The summed E-state index contributed by atoms with van der Waals surface area (Å²) in [6.07, 6.45) is 23.2. The number of aryl methyl sites for hydroxylation is 1. The molecular weight excluding hydrogens is 446 g/mol. The molecule has 0 aliphatic carbocycles. The number of nitrogens with one attached hydrogen (secondary N) is 1. The lowest BCUT2D eigenvalue weighted by atomic mass is 10.0. The van der Waals surface area contributed by atoms with Crippen molar-refractivity contribution in [2.75, 3.05) is 12.4 Å². The van der Waals surface area contributed by atoms with Crippen LogP contribution in [0.25, 0.3) is 0 Å². The number of aromatic hydroxyl groups is 1. The summed E-state index contributed by atoms with van der Waals surface area (Å²) in [6, 6.07) is 12.6. The molecule has 0 heterocycles. The molecule has 0 aromatic heterocycles. The van der Waals surface area contributed by atoms with Crippen LogP contribution in [0.3, 0.4) is 0 Å². The number of amides is 1. The minimum atomic E-state index is -0.170. The monoisotopic (exact) mass is 495 g/mol. The van der Waals surface area contributed by atoms with E-state index in [1.807, 2.05) is 12.1 Å². The van der Waals surface area contributed by atoms with Crippen LogP contribution in [-0.2, 0) is 6.42 Å². The maximum absolute atomic E-state index is 12.5. The molecule has 0 saturated carbocycles. The Hall–Kier alpha value is -2.49. The molecule has 200 valence electrons. The summed E-state index contributed by atoms with van der Waals surface area (Å²) in [5.41, 5.74) is 2.49. The minimum Gasteiger partial charge on any atom is -0.504 e. The van der Waals surface area contributed by atoms with Gasteiger partial charge in [0.1, 0.15) is 0 Å². The molecule has 4 nitrogen and oxygen atoms in total. The fourth-order valence-corrected chi connectivity index (χ4v) is 4.66. The quantitative estimate of drug-likeness (QED) is 0.142. The van der Waals surface area contributed by atoms with Crippen LogP contribution in [0.4, 0.5) is 5.69 Å². The van der Waals surface area contributed by atoms with Gasteiger partial charge in [0.25, 0.3) is 5.91 Å². The molecule has 2 rings (SSSR count). The van der Waals surface area contributed by atoms with Crippen molar-refractivity contribution in [2.45, 2.75) is 116 Å². The molecule has 0 spiro atoms. The van der Waals surface area contributed by atoms with Gasteiger partial charge >= 0.3 is 0 Å². The molecule has 2 aromatic rings. The van der Waals surface area contributed by atoms with Crippen LogP contribution < -0.4 is 10.1 Å². The Labute approximate surface area is 219 Å². The van der Waals surface area contributed by atoms with Gasteiger partial charge in [-0.3, -0.25) is 4.79 Å². The minimum absolute atomic E-state index is 0.0499. The van der Waals surface area contributed by atoms with Gasteiger partial charge in [-0.2, -0.15) is 0 Å². The average Bonchev–Trinajstić information content (AvgIpc) is 2.89. The molecule has 0 aliphatic heterocycles. The maximum Gasteiger partial charge on any atom is 0.255 e. The van der Waals surface area contributed by atoms with E-state index in [0.29, 0.717) is 17.0 Å². The topological polar surface area (TPSA) is 58.6 Å². The lowest BCUT2D eigenvalue weighted by Crippen LogP contribution is -2.11. The van der Waals surface area contributed by atoms with Gasteiger partial charge in [0.15, 0.2) is 11.5 Å². The van der Waals surface area contributed by atoms with Gasteiger partial charge in [-0.05, 0) is 42.7 Å². The van der Waals surface area contributed by atoms with Crippen molar-refractivity contribution in [1.29, 1.82) is 0 Å². The van der Waals surface area contributed by atoms with Crippen LogP contribution in [0.1, 0.15) is 126 Å². The summed E-state index contributed by atoms with van der Waals surface area (Å²) in [4.78, 5) is 12.5. The van der Waals surface area contributed by atoms with Gasteiger partial charge in [0.05, 0.1) is 7.11 Å². The first-order chi connectivity index (χ1) is 17.6. The van der Waals surface area contributed by atoms with Gasteiger partial charge in [-0.25, -0.2) is 0 Å². The molecule has 0 radical (unpaired) electrons. The third-order valence-corrected chi connectivity index (χ3v) is 6.97. The van der Waals surface area contributed by atoms with E-state index in [2.05, 4.69) is 24.4 Å². The van der Waals surface area contributed by atoms with Gasteiger partial charge in [0.2, 0.25) is 0 Å². The first-order valence-corrected chi connectivity index (χ1v) is 14.4. The van der Waals surface area contributed by atoms with Crippen molar-refractivity contribution in [1.82, 2.24) is 0 Å². The number of benzene rings is 2. The van der Waals surface area contributed by atoms with E-state index >= 15 is 0 Å². The van der Waals surface area contributed by atoms with Crippen LogP contribution in [0.15, 0.2) is 42.5 Å². The summed E-state index contributed by atoms with van der Waals surface area (Å²) in [5, 5.41) is 12.5. The number of hydrogen-bond donors (Lipinski definition) is 2. The molecule has 36 heavy (non-hydrogen) atoms. The van der Waals surface area contributed by atoms with Gasteiger partial charge < -0.3 is 15.2 Å². The molecule has 0 saturated heterocycles. The van der Waals surface area contributed by atoms with Gasteiger partial charge in [-0.15, -0.1) is 0 Å². The highest BCUT2D eigenvalue weighted by Crippen LogP contribution is 2.28. The highest BCUT2D eigenvalue weighted by molar-refractivity contribution is 6.04. The van der Waals surface area contributed by atoms with Gasteiger partial charge in [-0.1, -0.05) is 115 Å². The second kappa shape index (κ2) is 18.7. The second-order valence-corrected chi connectivity index (χ2v) is 10.1. The van der Waals surface area contributed by atoms with E-state index < -0.39 is 0 Å². The summed E-state index contributed by atoms with van der Waals surface area (Å²) in [6.45, 7) is 2.28. The molecule has 2 N–H and O–H groups in total. The highest BCUT2D eigenvalue weighted by Gasteiger charge is 2.09. The van der Waals surface area contributed by atoms with Crippen LogP contribution >= 0.6 is 0 Å².